The molecule has 3 aromatic rings. The van der Waals surface area contributed by atoms with Gasteiger partial charge in [-0.3, -0.25) is 4.79 Å². The Hall–Kier alpha value is -3.93. The molecule has 0 saturated carbocycles. The maximum atomic E-state index is 12.9. The molecule has 0 atom stereocenters. The first-order chi connectivity index (χ1) is 14.0. The molecular formula is C23H18FNO4. The summed E-state index contributed by atoms with van der Waals surface area (Å²) in [6.07, 6.45) is 1.37. The van der Waals surface area contributed by atoms with Crippen molar-refractivity contribution in [1.29, 1.82) is 0 Å². The van der Waals surface area contributed by atoms with Crippen LogP contribution in [0.4, 0.5) is 4.39 Å². The van der Waals surface area contributed by atoms with Crippen LogP contribution in [0.2, 0.25) is 0 Å². The highest BCUT2D eigenvalue weighted by atomic mass is 19.1. The summed E-state index contributed by atoms with van der Waals surface area (Å²) in [5.74, 6) is -1.47. The molecule has 3 rings (SSSR count). The first-order valence-corrected chi connectivity index (χ1v) is 8.80. The van der Waals surface area contributed by atoms with Gasteiger partial charge in [-0.1, -0.05) is 42.5 Å². The number of hydrogen-bond donors (Lipinski definition) is 2. The molecular weight excluding hydrogens is 373 g/mol. The number of benzene rings is 3. The van der Waals surface area contributed by atoms with Crippen LogP contribution in [-0.2, 0) is 11.4 Å². The van der Waals surface area contributed by atoms with Gasteiger partial charge in [-0.25, -0.2) is 9.18 Å². The van der Waals surface area contributed by atoms with Gasteiger partial charge in [0.2, 0.25) is 0 Å². The lowest BCUT2D eigenvalue weighted by atomic mass is 10.1. The van der Waals surface area contributed by atoms with Gasteiger partial charge in [-0.05, 0) is 53.6 Å². The molecule has 0 spiro atoms. The minimum atomic E-state index is -1.24. The number of carboxylic acids is 1. The van der Waals surface area contributed by atoms with Gasteiger partial charge in [-0.2, -0.15) is 0 Å². The van der Waals surface area contributed by atoms with Crippen LogP contribution in [0.3, 0.4) is 0 Å². The maximum Gasteiger partial charge on any atom is 0.352 e. The van der Waals surface area contributed by atoms with Crippen LogP contribution in [0, 0.1) is 5.82 Å². The summed E-state index contributed by atoms with van der Waals surface area (Å²) in [6, 6.07) is 21.1. The smallest absolute Gasteiger partial charge is 0.352 e. The van der Waals surface area contributed by atoms with Gasteiger partial charge < -0.3 is 15.2 Å². The van der Waals surface area contributed by atoms with Crippen molar-refractivity contribution in [2.75, 3.05) is 0 Å². The van der Waals surface area contributed by atoms with E-state index in [2.05, 4.69) is 5.32 Å². The van der Waals surface area contributed by atoms with Crippen LogP contribution in [0.15, 0.2) is 84.6 Å². The van der Waals surface area contributed by atoms with Gasteiger partial charge in [-0.15, -0.1) is 0 Å². The lowest BCUT2D eigenvalue weighted by Crippen LogP contribution is -2.27. The van der Waals surface area contributed by atoms with E-state index in [1.165, 1.54) is 18.2 Å². The Kier molecular flexibility index (Phi) is 6.37. The molecule has 0 heterocycles. The number of carbonyl (C=O) groups is 2. The van der Waals surface area contributed by atoms with E-state index in [-0.39, 0.29) is 18.1 Å². The summed E-state index contributed by atoms with van der Waals surface area (Å²) in [5.41, 5.74) is 1.54. The maximum absolute atomic E-state index is 12.9. The highest BCUT2D eigenvalue weighted by Gasteiger charge is 2.13. The number of amides is 1. The highest BCUT2D eigenvalue weighted by molar-refractivity contribution is 6.02. The van der Waals surface area contributed by atoms with Crippen molar-refractivity contribution < 1.29 is 23.8 Å². The molecule has 0 radical (unpaired) electrons. The van der Waals surface area contributed by atoms with Gasteiger partial charge in [0.15, 0.2) is 0 Å². The molecule has 0 aliphatic heterocycles. The fourth-order valence-electron chi connectivity index (χ4n) is 2.51. The molecule has 0 aliphatic rings. The van der Waals surface area contributed by atoms with Crippen LogP contribution in [0.1, 0.15) is 21.5 Å². The zero-order chi connectivity index (χ0) is 20.6. The molecule has 146 valence electrons. The SMILES string of the molecule is O=C(O)C(=Cc1ccc(OCc2ccc(F)cc2)cc1)NC(=O)c1ccccc1. The van der Waals surface area contributed by atoms with Gasteiger partial charge in [0, 0.05) is 5.56 Å². The molecule has 3 aromatic carbocycles. The zero-order valence-corrected chi connectivity index (χ0v) is 15.3. The number of nitrogens with one attached hydrogen (secondary N) is 1. The van der Waals surface area contributed by atoms with Crippen molar-refractivity contribution in [1.82, 2.24) is 5.32 Å². The molecule has 5 nitrogen and oxygen atoms in total. The number of ether oxygens (including phenoxy) is 1. The highest BCUT2D eigenvalue weighted by Crippen LogP contribution is 2.16. The summed E-state index contributed by atoms with van der Waals surface area (Å²) >= 11 is 0. The molecule has 1 amide bonds. The van der Waals surface area contributed by atoms with E-state index in [1.54, 1.807) is 66.7 Å². The molecule has 2 N–H and O–H groups in total. The standard InChI is InChI=1S/C23H18FNO4/c24-19-10-6-17(7-11-19)15-29-20-12-8-16(9-13-20)14-21(23(27)28)25-22(26)18-4-2-1-3-5-18/h1-14H,15H2,(H,25,26)(H,27,28). The first kappa shape index (κ1) is 19.8. The zero-order valence-electron chi connectivity index (χ0n) is 15.3. The van der Waals surface area contributed by atoms with E-state index in [1.807, 2.05) is 0 Å². The third-order valence-corrected chi connectivity index (χ3v) is 4.02. The Morgan fingerprint density at radius 3 is 2.21 bits per heavy atom. The van der Waals surface area contributed by atoms with Crippen LogP contribution in [-0.4, -0.2) is 17.0 Å². The van der Waals surface area contributed by atoms with Crippen LogP contribution >= 0.6 is 0 Å². The van der Waals surface area contributed by atoms with Crippen LogP contribution in [0.25, 0.3) is 6.08 Å². The fraction of sp³-hybridized carbons (Fsp3) is 0.0435. The minimum absolute atomic E-state index is 0.237. The number of aliphatic carboxylic acids is 1. The van der Waals surface area contributed by atoms with Crippen molar-refractivity contribution in [2.24, 2.45) is 0 Å². The Labute approximate surface area is 167 Å². The number of halogens is 1. The second-order valence-corrected chi connectivity index (χ2v) is 6.17. The second-order valence-electron chi connectivity index (χ2n) is 6.17. The lowest BCUT2D eigenvalue weighted by Gasteiger charge is -2.08. The minimum Gasteiger partial charge on any atom is -0.489 e. The molecule has 0 aromatic heterocycles. The van der Waals surface area contributed by atoms with Crippen molar-refractivity contribution in [3.8, 4) is 5.75 Å². The molecule has 0 bridgehead atoms. The quantitative estimate of drug-likeness (QED) is 0.590. The monoisotopic (exact) mass is 391 g/mol. The Balaban J connectivity index is 1.66. The van der Waals surface area contributed by atoms with E-state index in [9.17, 15) is 19.1 Å². The third kappa shape index (κ3) is 5.77. The molecule has 29 heavy (non-hydrogen) atoms. The van der Waals surface area contributed by atoms with Crippen molar-refractivity contribution in [3.05, 3.63) is 107 Å². The number of hydrogen-bond acceptors (Lipinski definition) is 3. The van der Waals surface area contributed by atoms with Crippen LogP contribution < -0.4 is 10.1 Å². The summed E-state index contributed by atoms with van der Waals surface area (Å²) in [7, 11) is 0. The second kappa shape index (κ2) is 9.32. The largest absolute Gasteiger partial charge is 0.489 e. The van der Waals surface area contributed by atoms with Crippen molar-refractivity contribution in [3.63, 3.8) is 0 Å². The molecule has 0 unspecified atom stereocenters. The third-order valence-electron chi connectivity index (χ3n) is 4.02. The van der Waals surface area contributed by atoms with E-state index in [4.69, 9.17) is 4.74 Å². The van der Waals surface area contributed by atoms with Gasteiger partial charge in [0.1, 0.15) is 23.9 Å². The lowest BCUT2D eigenvalue weighted by molar-refractivity contribution is -0.132. The van der Waals surface area contributed by atoms with Gasteiger partial charge >= 0.3 is 5.97 Å². The van der Waals surface area contributed by atoms with Crippen LogP contribution in [0.5, 0.6) is 5.75 Å². The number of carboxylic acid groups (broad SMARTS) is 1. The summed E-state index contributed by atoms with van der Waals surface area (Å²) in [6.45, 7) is 0.281. The average Bonchev–Trinajstić information content (AvgIpc) is 2.74. The first-order valence-electron chi connectivity index (χ1n) is 8.80. The topological polar surface area (TPSA) is 75.6 Å². The Morgan fingerprint density at radius 1 is 0.931 bits per heavy atom. The van der Waals surface area contributed by atoms with E-state index >= 15 is 0 Å². The molecule has 6 heteroatoms. The van der Waals surface area contributed by atoms with E-state index in [0.717, 1.165) is 5.56 Å². The molecule has 0 saturated heterocycles. The summed E-state index contributed by atoms with van der Waals surface area (Å²) < 4.78 is 18.5. The van der Waals surface area contributed by atoms with E-state index < -0.39 is 11.9 Å². The average molecular weight is 391 g/mol. The predicted octanol–water partition coefficient (Wildman–Crippen LogP) is 4.26. The summed E-state index contributed by atoms with van der Waals surface area (Å²) in [4.78, 5) is 23.7. The van der Waals surface area contributed by atoms with Crippen molar-refractivity contribution >= 4 is 18.0 Å². The van der Waals surface area contributed by atoms with Gasteiger partial charge in [0.05, 0.1) is 0 Å². The fourth-order valence-corrected chi connectivity index (χ4v) is 2.51. The number of carbonyl (C=O) groups excluding carboxylic acids is 1. The normalized spacial score (nSPS) is 11.0. The van der Waals surface area contributed by atoms with E-state index in [0.29, 0.717) is 16.9 Å². The van der Waals surface area contributed by atoms with Crippen molar-refractivity contribution in [2.45, 2.75) is 6.61 Å². The molecule has 0 fully saturated rings. The molecule has 0 aliphatic carbocycles. The number of rotatable bonds is 7. The Morgan fingerprint density at radius 2 is 1.59 bits per heavy atom. The summed E-state index contributed by atoms with van der Waals surface area (Å²) in [5, 5.41) is 11.8. The Bertz CT molecular complexity index is 1010. The van der Waals surface area contributed by atoms with Gasteiger partial charge in [0.25, 0.3) is 5.91 Å². The predicted molar refractivity (Wildman–Crippen MR) is 107 cm³/mol.